The topological polar surface area (TPSA) is 107 Å². The monoisotopic (exact) mass is 173 g/mol. The van der Waals surface area contributed by atoms with Gasteiger partial charge in [0.2, 0.25) is 0 Å². The van der Waals surface area contributed by atoms with Gasteiger partial charge in [0, 0.05) is 7.05 Å². The van der Waals surface area contributed by atoms with Crippen LogP contribution in [0.2, 0.25) is 0 Å². The zero-order valence-electron chi connectivity index (χ0n) is 6.87. The summed E-state index contributed by atoms with van der Waals surface area (Å²) in [5.74, 6) is -2.31. The first-order chi connectivity index (χ1) is 5.37. The van der Waals surface area contributed by atoms with Crippen LogP contribution in [0.15, 0.2) is 0 Å². The van der Waals surface area contributed by atoms with Gasteiger partial charge in [-0.3, -0.25) is 10.2 Å². The van der Waals surface area contributed by atoms with Crippen LogP contribution in [-0.2, 0) is 9.59 Å². The van der Waals surface area contributed by atoms with E-state index < -0.39 is 23.8 Å². The molecule has 0 spiro atoms. The third-order valence-electron chi connectivity index (χ3n) is 1.39. The van der Waals surface area contributed by atoms with Crippen molar-refractivity contribution in [2.75, 3.05) is 7.05 Å². The number of carbonyl (C=O) groups is 2. The van der Waals surface area contributed by atoms with Gasteiger partial charge in [0.05, 0.1) is 0 Å². The van der Waals surface area contributed by atoms with Crippen molar-refractivity contribution in [2.45, 2.75) is 13.0 Å². The van der Waals surface area contributed by atoms with Crippen molar-refractivity contribution >= 4 is 17.7 Å². The van der Waals surface area contributed by atoms with Crippen LogP contribution < -0.4 is 5.73 Å². The molecule has 6 heteroatoms. The van der Waals surface area contributed by atoms with Crippen LogP contribution in [0.5, 0.6) is 0 Å². The molecule has 0 saturated carbocycles. The number of nitrogens with zero attached hydrogens (tertiary/aromatic N) is 1. The Morgan fingerprint density at radius 1 is 1.58 bits per heavy atom. The summed E-state index contributed by atoms with van der Waals surface area (Å²) in [5, 5.41) is 15.5. The number of ketones is 1. The highest BCUT2D eigenvalue weighted by molar-refractivity contribution is 6.03. The molecule has 0 aliphatic heterocycles. The van der Waals surface area contributed by atoms with Gasteiger partial charge in [-0.1, -0.05) is 0 Å². The van der Waals surface area contributed by atoms with E-state index in [0.717, 1.165) is 11.8 Å². The molecule has 0 fully saturated rings. The summed E-state index contributed by atoms with van der Waals surface area (Å²) < 4.78 is 0. The lowest BCUT2D eigenvalue weighted by molar-refractivity contribution is -0.145. The van der Waals surface area contributed by atoms with Crippen molar-refractivity contribution in [3.63, 3.8) is 0 Å². The molecule has 0 aliphatic rings. The first-order valence-corrected chi connectivity index (χ1v) is 3.18. The smallest absolute Gasteiger partial charge is 0.334 e. The lowest BCUT2D eigenvalue weighted by Crippen LogP contribution is -2.49. The Morgan fingerprint density at radius 3 is 2.08 bits per heavy atom. The maximum Gasteiger partial charge on any atom is 0.334 e. The van der Waals surface area contributed by atoms with Crippen molar-refractivity contribution in [1.29, 1.82) is 5.41 Å². The van der Waals surface area contributed by atoms with Crippen molar-refractivity contribution in [1.82, 2.24) is 4.90 Å². The molecule has 0 radical (unpaired) electrons. The number of likely N-dealkylation sites (N-methyl/N-ethyl adjacent to an activating group) is 1. The second-order valence-electron chi connectivity index (χ2n) is 2.35. The molecule has 0 amide bonds. The molecule has 6 nitrogen and oxygen atoms in total. The maximum absolute atomic E-state index is 10.8. The highest BCUT2D eigenvalue weighted by Crippen LogP contribution is 1.96. The fourth-order valence-electron chi connectivity index (χ4n) is 0.751. The number of Topliss-reactive ketones (excluding diaryl/α,β-unsaturated/α-hetero) is 1. The van der Waals surface area contributed by atoms with Crippen LogP contribution in [0.3, 0.4) is 0 Å². The number of guanidine groups is 1. The lowest BCUT2D eigenvalue weighted by atomic mass is 10.2. The Morgan fingerprint density at radius 2 is 2.00 bits per heavy atom. The fourth-order valence-corrected chi connectivity index (χ4v) is 0.751. The van der Waals surface area contributed by atoms with Gasteiger partial charge < -0.3 is 15.7 Å². The number of nitrogens with two attached hydrogens (primary N) is 1. The van der Waals surface area contributed by atoms with Crippen molar-refractivity contribution < 1.29 is 14.7 Å². The second-order valence-corrected chi connectivity index (χ2v) is 2.35. The molecule has 0 rings (SSSR count). The quantitative estimate of drug-likeness (QED) is 0.284. The van der Waals surface area contributed by atoms with E-state index in [0.29, 0.717) is 0 Å². The molecule has 1 unspecified atom stereocenters. The minimum atomic E-state index is -1.36. The normalized spacial score (nSPS) is 11.8. The number of hydrogen-bond acceptors (Lipinski definition) is 3. The van der Waals surface area contributed by atoms with Crippen LogP contribution in [0, 0.1) is 5.41 Å². The standard InChI is InChI=1S/C6H11N3O3/c1-3(10)4(5(11)12)9(2)6(7)8/h4H,1-2H3,(H3,7,8)(H,11,12). The van der Waals surface area contributed by atoms with E-state index in [1.807, 2.05) is 0 Å². The molecular formula is C6H11N3O3. The zero-order chi connectivity index (χ0) is 9.89. The van der Waals surface area contributed by atoms with Gasteiger partial charge in [0.1, 0.15) is 0 Å². The molecular weight excluding hydrogens is 162 g/mol. The van der Waals surface area contributed by atoms with Crippen LogP contribution >= 0.6 is 0 Å². The van der Waals surface area contributed by atoms with E-state index in [1.165, 1.54) is 7.05 Å². The Labute approximate surface area is 69.5 Å². The molecule has 0 aliphatic carbocycles. The lowest BCUT2D eigenvalue weighted by Gasteiger charge is -2.21. The van der Waals surface area contributed by atoms with E-state index in [-0.39, 0.29) is 0 Å². The molecule has 0 aromatic rings. The summed E-state index contributed by atoms with van der Waals surface area (Å²) in [6.07, 6.45) is 0. The Bertz CT molecular complexity index is 212. The molecule has 12 heavy (non-hydrogen) atoms. The number of rotatable bonds is 3. The number of aliphatic carboxylic acids is 1. The predicted octanol–water partition coefficient (Wildman–Crippen LogP) is -1.15. The van der Waals surface area contributed by atoms with Gasteiger partial charge in [0.25, 0.3) is 0 Å². The molecule has 1 atom stereocenters. The molecule has 0 aromatic carbocycles. The van der Waals surface area contributed by atoms with E-state index in [2.05, 4.69) is 0 Å². The van der Waals surface area contributed by atoms with Gasteiger partial charge in [0.15, 0.2) is 17.8 Å². The number of carboxylic acid groups (broad SMARTS) is 1. The molecule has 0 bridgehead atoms. The van der Waals surface area contributed by atoms with E-state index in [4.69, 9.17) is 16.2 Å². The zero-order valence-corrected chi connectivity index (χ0v) is 6.87. The van der Waals surface area contributed by atoms with Crippen LogP contribution in [0.25, 0.3) is 0 Å². The third kappa shape index (κ3) is 2.22. The molecule has 68 valence electrons. The summed E-state index contributed by atoms with van der Waals surface area (Å²) >= 11 is 0. The van der Waals surface area contributed by atoms with Crippen LogP contribution in [-0.4, -0.2) is 40.8 Å². The van der Waals surface area contributed by atoms with Crippen molar-refractivity contribution in [2.24, 2.45) is 5.73 Å². The van der Waals surface area contributed by atoms with Gasteiger partial charge in [-0.2, -0.15) is 0 Å². The average molecular weight is 173 g/mol. The highest BCUT2D eigenvalue weighted by atomic mass is 16.4. The summed E-state index contributed by atoms with van der Waals surface area (Å²) in [5.41, 5.74) is 5.01. The first-order valence-electron chi connectivity index (χ1n) is 3.18. The predicted molar refractivity (Wildman–Crippen MR) is 41.8 cm³/mol. The Kier molecular flexibility index (Phi) is 3.21. The molecule has 0 aromatic heterocycles. The van der Waals surface area contributed by atoms with E-state index in [1.54, 1.807) is 0 Å². The average Bonchev–Trinajstić information content (AvgIpc) is 1.85. The minimum Gasteiger partial charge on any atom is -0.479 e. The number of nitrogens with one attached hydrogen (secondary N) is 1. The van der Waals surface area contributed by atoms with Gasteiger partial charge in [-0.05, 0) is 6.92 Å². The Balaban J connectivity index is 4.63. The molecule has 0 heterocycles. The van der Waals surface area contributed by atoms with E-state index >= 15 is 0 Å². The molecule has 4 N–H and O–H groups in total. The third-order valence-corrected chi connectivity index (χ3v) is 1.39. The number of carbonyl (C=O) groups excluding carboxylic acids is 1. The summed E-state index contributed by atoms with van der Waals surface area (Å²) in [4.78, 5) is 22.1. The fraction of sp³-hybridized carbons (Fsp3) is 0.500. The van der Waals surface area contributed by atoms with Crippen molar-refractivity contribution in [3.05, 3.63) is 0 Å². The highest BCUT2D eigenvalue weighted by Gasteiger charge is 2.27. The summed E-state index contributed by atoms with van der Waals surface area (Å²) in [7, 11) is 1.28. The Hall–Kier alpha value is -1.59. The second kappa shape index (κ2) is 3.70. The summed E-state index contributed by atoms with van der Waals surface area (Å²) in [6.45, 7) is 1.14. The maximum atomic E-state index is 10.8. The van der Waals surface area contributed by atoms with Crippen molar-refractivity contribution in [3.8, 4) is 0 Å². The van der Waals surface area contributed by atoms with Crippen LogP contribution in [0.1, 0.15) is 6.92 Å². The SMILES string of the molecule is CC(=O)C(C(=O)O)N(C)C(=N)N. The van der Waals surface area contributed by atoms with Gasteiger partial charge in [-0.15, -0.1) is 0 Å². The minimum absolute atomic E-state index is 0.447. The van der Waals surface area contributed by atoms with Gasteiger partial charge in [-0.25, -0.2) is 4.79 Å². The number of carboxylic acids is 1. The van der Waals surface area contributed by atoms with Gasteiger partial charge >= 0.3 is 5.97 Å². The largest absolute Gasteiger partial charge is 0.479 e. The summed E-state index contributed by atoms with van der Waals surface area (Å²) in [6, 6.07) is -1.36. The van der Waals surface area contributed by atoms with Crippen LogP contribution in [0.4, 0.5) is 0 Å². The molecule has 0 saturated heterocycles. The first kappa shape index (κ1) is 10.4. The number of hydrogen-bond donors (Lipinski definition) is 3. The van der Waals surface area contributed by atoms with E-state index in [9.17, 15) is 9.59 Å².